The molecule has 0 bridgehead atoms. The van der Waals surface area contributed by atoms with Crippen LogP contribution in [0.1, 0.15) is 51.9 Å². The van der Waals surface area contributed by atoms with Gasteiger partial charge in [-0.25, -0.2) is 9.97 Å². The summed E-state index contributed by atoms with van der Waals surface area (Å²) in [7, 11) is 1.93. The number of aromatic nitrogens is 2. The standard InChI is InChI=1S/C17H30N4/c1-7-14-19-15(18-6)12(2)16(20-14)21-10-8-13(9-11-21)17(3,4)5/h13H,7-11H2,1-6H3,(H,18,19,20). The van der Waals surface area contributed by atoms with Gasteiger partial charge in [-0.05, 0) is 31.1 Å². The summed E-state index contributed by atoms with van der Waals surface area (Å²) >= 11 is 0. The second-order valence-corrected chi connectivity index (χ2v) is 7.17. The molecule has 0 radical (unpaired) electrons. The fraction of sp³-hybridized carbons (Fsp3) is 0.765. The average molecular weight is 290 g/mol. The highest BCUT2D eigenvalue weighted by molar-refractivity contribution is 5.58. The van der Waals surface area contributed by atoms with Crippen LogP contribution in [0.15, 0.2) is 0 Å². The SMILES string of the molecule is CCc1nc(NC)c(C)c(N2CCC(C(C)(C)C)CC2)n1. The predicted octanol–water partition coefficient (Wildman–Crippen LogP) is 3.65. The van der Waals surface area contributed by atoms with E-state index in [1.54, 1.807) is 0 Å². The van der Waals surface area contributed by atoms with Gasteiger partial charge in [0.2, 0.25) is 0 Å². The van der Waals surface area contributed by atoms with Crippen molar-refractivity contribution >= 4 is 11.6 Å². The van der Waals surface area contributed by atoms with Gasteiger partial charge in [0.25, 0.3) is 0 Å². The van der Waals surface area contributed by atoms with Crippen molar-refractivity contribution in [3.63, 3.8) is 0 Å². The monoisotopic (exact) mass is 290 g/mol. The van der Waals surface area contributed by atoms with Gasteiger partial charge in [-0.1, -0.05) is 27.7 Å². The van der Waals surface area contributed by atoms with Gasteiger partial charge < -0.3 is 10.2 Å². The summed E-state index contributed by atoms with van der Waals surface area (Å²) in [5.74, 6) is 3.83. The van der Waals surface area contributed by atoms with Crippen molar-refractivity contribution in [2.75, 3.05) is 30.4 Å². The number of hydrogen-bond donors (Lipinski definition) is 1. The van der Waals surface area contributed by atoms with Crippen LogP contribution in [0.4, 0.5) is 11.6 Å². The second-order valence-electron chi connectivity index (χ2n) is 7.17. The summed E-state index contributed by atoms with van der Waals surface area (Å²) < 4.78 is 0. The van der Waals surface area contributed by atoms with Crippen molar-refractivity contribution in [2.24, 2.45) is 11.3 Å². The molecule has 1 aliphatic rings. The van der Waals surface area contributed by atoms with E-state index >= 15 is 0 Å². The Balaban J connectivity index is 2.20. The molecule has 21 heavy (non-hydrogen) atoms. The molecule has 2 heterocycles. The summed E-state index contributed by atoms with van der Waals surface area (Å²) in [4.78, 5) is 11.8. The molecule has 1 aromatic heterocycles. The lowest BCUT2D eigenvalue weighted by molar-refractivity contribution is 0.198. The summed E-state index contributed by atoms with van der Waals surface area (Å²) in [6.45, 7) is 13.5. The van der Waals surface area contributed by atoms with E-state index in [9.17, 15) is 0 Å². The number of anilines is 2. The molecule has 0 amide bonds. The van der Waals surface area contributed by atoms with Crippen LogP contribution in [-0.2, 0) is 6.42 Å². The molecule has 0 aliphatic carbocycles. The summed E-state index contributed by atoms with van der Waals surface area (Å²) in [6, 6.07) is 0. The summed E-state index contributed by atoms with van der Waals surface area (Å²) in [5.41, 5.74) is 1.58. The first kappa shape index (κ1) is 16.1. The first-order valence-corrected chi connectivity index (χ1v) is 8.17. The van der Waals surface area contributed by atoms with E-state index < -0.39 is 0 Å². The molecule has 2 rings (SSSR count). The fourth-order valence-electron chi connectivity index (χ4n) is 3.22. The normalized spacial score (nSPS) is 17.1. The third kappa shape index (κ3) is 3.47. The van der Waals surface area contributed by atoms with Crippen molar-refractivity contribution in [1.29, 1.82) is 0 Å². The molecule has 1 aliphatic heterocycles. The molecule has 0 saturated carbocycles. The van der Waals surface area contributed by atoms with Crippen LogP contribution in [0, 0.1) is 18.3 Å². The molecule has 118 valence electrons. The van der Waals surface area contributed by atoms with Gasteiger partial charge in [-0.2, -0.15) is 0 Å². The van der Waals surface area contributed by atoms with Crippen LogP contribution in [0.2, 0.25) is 0 Å². The Labute approximate surface area is 129 Å². The molecule has 0 atom stereocenters. The van der Waals surface area contributed by atoms with Crippen LogP contribution < -0.4 is 10.2 Å². The Morgan fingerprint density at radius 3 is 2.29 bits per heavy atom. The zero-order valence-corrected chi connectivity index (χ0v) is 14.5. The van der Waals surface area contributed by atoms with Gasteiger partial charge in [0, 0.05) is 32.1 Å². The minimum atomic E-state index is 0.414. The zero-order valence-electron chi connectivity index (χ0n) is 14.5. The molecule has 1 saturated heterocycles. The molecule has 1 aromatic rings. The van der Waals surface area contributed by atoms with Gasteiger partial charge in [0.1, 0.15) is 17.5 Å². The first-order valence-electron chi connectivity index (χ1n) is 8.17. The molecule has 0 spiro atoms. The van der Waals surface area contributed by atoms with E-state index in [-0.39, 0.29) is 0 Å². The Hall–Kier alpha value is -1.32. The minimum Gasteiger partial charge on any atom is -0.373 e. The van der Waals surface area contributed by atoms with E-state index in [1.807, 2.05) is 7.05 Å². The van der Waals surface area contributed by atoms with Crippen molar-refractivity contribution in [3.05, 3.63) is 11.4 Å². The van der Waals surface area contributed by atoms with E-state index in [2.05, 4.69) is 49.8 Å². The number of piperidine rings is 1. The number of hydrogen-bond acceptors (Lipinski definition) is 4. The molecule has 1 N–H and O–H groups in total. The highest BCUT2D eigenvalue weighted by Crippen LogP contribution is 2.36. The Kier molecular flexibility index (Phi) is 4.74. The van der Waals surface area contributed by atoms with Crippen molar-refractivity contribution in [3.8, 4) is 0 Å². The smallest absolute Gasteiger partial charge is 0.137 e. The van der Waals surface area contributed by atoms with Crippen LogP contribution in [0.5, 0.6) is 0 Å². The van der Waals surface area contributed by atoms with Gasteiger partial charge in [0.05, 0.1) is 0 Å². The number of aryl methyl sites for hydroxylation is 1. The lowest BCUT2D eigenvalue weighted by Gasteiger charge is -2.39. The number of nitrogens with one attached hydrogen (secondary N) is 1. The van der Waals surface area contributed by atoms with Crippen LogP contribution in [0.25, 0.3) is 0 Å². The molecule has 4 nitrogen and oxygen atoms in total. The Bertz CT molecular complexity index is 482. The zero-order chi connectivity index (χ0) is 15.6. The quantitative estimate of drug-likeness (QED) is 0.922. The van der Waals surface area contributed by atoms with E-state index in [0.29, 0.717) is 5.41 Å². The highest BCUT2D eigenvalue weighted by atomic mass is 15.2. The molecular formula is C17H30N4. The number of rotatable bonds is 3. The summed E-state index contributed by atoms with van der Waals surface area (Å²) in [5, 5.41) is 3.20. The fourth-order valence-corrected chi connectivity index (χ4v) is 3.22. The maximum absolute atomic E-state index is 4.79. The van der Waals surface area contributed by atoms with Crippen LogP contribution in [-0.4, -0.2) is 30.1 Å². The van der Waals surface area contributed by atoms with Crippen LogP contribution in [0.3, 0.4) is 0 Å². The van der Waals surface area contributed by atoms with E-state index in [4.69, 9.17) is 4.98 Å². The van der Waals surface area contributed by atoms with Crippen molar-refractivity contribution in [2.45, 2.75) is 53.9 Å². The minimum absolute atomic E-state index is 0.414. The molecule has 1 fully saturated rings. The van der Waals surface area contributed by atoms with Gasteiger partial charge in [-0.3, -0.25) is 0 Å². The molecule has 0 aromatic carbocycles. The molecule has 4 heteroatoms. The average Bonchev–Trinajstić information content (AvgIpc) is 2.47. The van der Waals surface area contributed by atoms with Crippen LogP contribution >= 0.6 is 0 Å². The first-order chi connectivity index (χ1) is 9.86. The Morgan fingerprint density at radius 1 is 1.19 bits per heavy atom. The third-order valence-electron chi connectivity index (χ3n) is 4.74. The van der Waals surface area contributed by atoms with Gasteiger partial charge in [-0.15, -0.1) is 0 Å². The van der Waals surface area contributed by atoms with Gasteiger partial charge in [0.15, 0.2) is 0 Å². The maximum Gasteiger partial charge on any atom is 0.137 e. The maximum atomic E-state index is 4.79. The highest BCUT2D eigenvalue weighted by Gasteiger charge is 2.30. The lowest BCUT2D eigenvalue weighted by Crippen LogP contribution is -2.39. The second kappa shape index (κ2) is 6.20. The third-order valence-corrected chi connectivity index (χ3v) is 4.74. The Morgan fingerprint density at radius 2 is 1.81 bits per heavy atom. The van der Waals surface area contributed by atoms with Gasteiger partial charge >= 0.3 is 0 Å². The topological polar surface area (TPSA) is 41.1 Å². The van der Waals surface area contributed by atoms with E-state index in [1.165, 1.54) is 18.4 Å². The predicted molar refractivity (Wildman–Crippen MR) is 90.1 cm³/mol. The largest absolute Gasteiger partial charge is 0.373 e. The van der Waals surface area contributed by atoms with Crippen molar-refractivity contribution in [1.82, 2.24) is 9.97 Å². The van der Waals surface area contributed by atoms with Crippen molar-refractivity contribution < 1.29 is 0 Å². The van der Waals surface area contributed by atoms with E-state index in [0.717, 1.165) is 42.9 Å². The number of nitrogens with zero attached hydrogens (tertiary/aromatic N) is 3. The summed E-state index contributed by atoms with van der Waals surface area (Å²) in [6.07, 6.45) is 3.38. The molecule has 0 unspecified atom stereocenters. The molecular weight excluding hydrogens is 260 g/mol. The lowest BCUT2D eigenvalue weighted by atomic mass is 9.75.